The van der Waals surface area contributed by atoms with Crippen LogP contribution in [0.4, 0.5) is 0 Å². The molecule has 2 unspecified atom stereocenters. The standard InChI is InChI=1S/C14H30/c1-6-13(5)9-11-14(7-2)10-8-12(3)4/h12-14H,6-11H2,1-5H3. The lowest BCUT2D eigenvalue weighted by atomic mass is 9.88. The number of rotatable bonds is 8. The van der Waals surface area contributed by atoms with Crippen molar-refractivity contribution in [1.82, 2.24) is 0 Å². The molecule has 0 saturated heterocycles. The van der Waals surface area contributed by atoms with E-state index in [1.165, 1.54) is 38.5 Å². The average Bonchev–Trinajstić information content (AvgIpc) is 2.17. The van der Waals surface area contributed by atoms with Crippen LogP contribution in [0.5, 0.6) is 0 Å². The van der Waals surface area contributed by atoms with Gasteiger partial charge in [0, 0.05) is 0 Å². The summed E-state index contributed by atoms with van der Waals surface area (Å²) in [6, 6.07) is 0. The predicted octanol–water partition coefficient (Wildman–Crippen LogP) is 5.28. The molecule has 0 aromatic rings. The Morgan fingerprint density at radius 1 is 0.714 bits per heavy atom. The molecule has 0 aliphatic heterocycles. The van der Waals surface area contributed by atoms with Crippen LogP contribution >= 0.6 is 0 Å². The van der Waals surface area contributed by atoms with Crippen molar-refractivity contribution in [3.05, 3.63) is 0 Å². The highest BCUT2D eigenvalue weighted by Gasteiger charge is 2.09. The third kappa shape index (κ3) is 7.41. The first-order chi connectivity index (χ1) is 6.60. The van der Waals surface area contributed by atoms with Crippen molar-refractivity contribution >= 4 is 0 Å². The molecule has 0 amide bonds. The minimum Gasteiger partial charge on any atom is -0.0651 e. The Labute approximate surface area is 91.5 Å². The summed E-state index contributed by atoms with van der Waals surface area (Å²) in [5.41, 5.74) is 0. The van der Waals surface area contributed by atoms with Gasteiger partial charge in [0.2, 0.25) is 0 Å². The first-order valence-corrected chi connectivity index (χ1v) is 6.60. The molecule has 0 heterocycles. The quantitative estimate of drug-likeness (QED) is 0.498. The SMILES string of the molecule is CCC(C)CCC(CC)CCC(C)C. The van der Waals surface area contributed by atoms with E-state index in [-0.39, 0.29) is 0 Å². The van der Waals surface area contributed by atoms with Crippen LogP contribution in [0.2, 0.25) is 0 Å². The van der Waals surface area contributed by atoms with Gasteiger partial charge in [-0.2, -0.15) is 0 Å². The van der Waals surface area contributed by atoms with Crippen molar-refractivity contribution in [2.45, 2.75) is 73.1 Å². The maximum Gasteiger partial charge on any atom is -0.0417 e. The van der Waals surface area contributed by atoms with Crippen LogP contribution in [0.15, 0.2) is 0 Å². The summed E-state index contributed by atoms with van der Waals surface area (Å²) in [5, 5.41) is 0. The molecule has 0 aliphatic carbocycles. The van der Waals surface area contributed by atoms with Gasteiger partial charge in [-0.1, -0.05) is 73.1 Å². The highest BCUT2D eigenvalue weighted by atomic mass is 14.1. The predicted molar refractivity (Wildman–Crippen MR) is 66.5 cm³/mol. The van der Waals surface area contributed by atoms with Gasteiger partial charge in [0.05, 0.1) is 0 Å². The summed E-state index contributed by atoms with van der Waals surface area (Å²) in [4.78, 5) is 0. The van der Waals surface area contributed by atoms with Gasteiger partial charge >= 0.3 is 0 Å². The van der Waals surface area contributed by atoms with E-state index in [0.29, 0.717) is 0 Å². The highest BCUT2D eigenvalue weighted by molar-refractivity contribution is 4.61. The summed E-state index contributed by atoms with van der Waals surface area (Å²) < 4.78 is 0. The van der Waals surface area contributed by atoms with Gasteiger partial charge in [0.15, 0.2) is 0 Å². The van der Waals surface area contributed by atoms with E-state index < -0.39 is 0 Å². The Kier molecular flexibility index (Phi) is 8.32. The van der Waals surface area contributed by atoms with Crippen molar-refractivity contribution < 1.29 is 0 Å². The summed E-state index contributed by atoms with van der Waals surface area (Å²) in [7, 11) is 0. The summed E-state index contributed by atoms with van der Waals surface area (Å²) in [5.74, 6) is 2.81. The van der Waals surface area contributed by atoms with Crippen LogP contribution in [-0.2, 0) is 0 Å². The number of hydrogen-bond acceptors (Lipinski definition) is 0. The molecule has 14 heavy (non-hydrogen) atoms. The summed E-state index contributed by atoms with van der Waals surface area (Å²) >= 11 is 0. The fourth-order valence-corrected chi connectivity index (χ4v) is 1.85. The number of hydrogen-bond donors (Lipinski definition) is 0. The van der Waals surface area contributed by atoms with E-state index in [1.807, 2.05) is 0 Å². The van der Waals surface area contributed by atoms with Gasteiger partial charge in [0.25, 0.3) is 0 Å². The van der Waals surface area contributed by atoms with E-state index >= 15 is 0 Å². The smallest absolute Gasteiger partial charge is 0.0417 e. The highest BCUT2D eigenvalue weighted by Crippen LogP contribution is 2.23. The fourth-order valence-electron chi connectivity index (χ4n) is 1.85. The first-order valence-electron chi connectivity index (χ1n) is 6.60. The van der Waals surface area contributed by atoms with Crippen LogP contribution < -0.4 is 0 Å². The Morgan fingerprint density at radius 3 is 1.71 bits per heavy atom. The van der Waals surface area contributed by atoms with Gasteiger partial charge in [-0.3, -0.25) is 0 Å². The zero-order chi connectivity index (χ0) is 11.0. The van der Waals surface area contributed by atoms with E-state index in [4.69, 9.17) is 0 Å². The van der Waals surface area contributed by atoms with Crippen LogP contribution in [-0.4, -0.2) is 0 Å². The molecular weight excluding hydrogens is 168 g/mol. The van der Waals surface area contributed by atoms with Gasteiger partial charge in [0.1, 0.15) is 0 Å². The van der Waals surface area contributed by atoms with Gasteiger partial charge < -0.3 is 0 Å². The molecule has 0 fully saturated rings. The van der Waals surface area contributed by atoms with Crippen molar-refractivity contribution in [2.75, 3.05) is 0 Å². The zero-order valence-corrected chi connectivity index (χ0v) is 11.0. The average molecular weight is 198 g/mol. The third-order valence-electron chi connectivity index (χ3n) is 3.49. The van der Waals surface area contributed by atoms with Crippen LogP contribution in [0.25, 0.3) is 0 Å². The topological polar surface area (TPSA) is 0 Å². The molecule has 0 rings (SSSR count). The minimum absolute atomic E-state index is 0.882. The third-order valence-corrected chi connectivity index (χ3v) is 3.49. The molecule has 0 heteroatoms. The second-order valence-electron chi connectivity index (χ2n) is 5.34. The Hall–Kier alpha value is 0. The maximum absolute atomic E-state index is 2.38. The van der Waals surface area contributed by atoms with Gasteiger partial charge in [-0.15, -0.1) is 0 Å². The van der Waals surface area contributed by atoms with E-state index in [9.17, 15) is 0 Å². The Bertz CT molecular complexity index is 115. The lowest BCUT2D eigenvalue weighted by Crippen LogP contribution is -2.04. The molecule has 0 bridgehead atoms. The van der Waals surface area contributed by atoms with Crippen molar-refractivity contribution in [3.8, 4) is 0 Å². The maximum atomic E-state index is 2.38. The van der Waals surface area contributed by atoms with E-state index in [0.717, 1.165) is 17.8 Å². The molecule has 0 N–H and O–H groups in total. The monoisotopic (exact) mass is 198 g/mol. The Balaban J connectivity index is 3.57. The molecule has 0 radical (unpaired) electrons. The largest absolute Gasteiger partial charge is 0.0651 e. The second kappa shape index (κ2) is 8.32. The minimum atomic E-state index is 0.882. The molecule has 0 spiro atoms. The lowest BCUT2D eigenvalue weighted by molar-refractivity contribution is 0.351. The molecule has 0 aromatic carbocycles. The normalized spacial score (nSPS) is 15.9. The van der Waals surface area contributed by atoms with Crippen molar-refractivity contribution in [2.24, 2.45) is 17.8 Å². The molecule has 0 aliphatic rings. The van der Waals surface area contributed by atoms with Gasteiger partial charge in [-0.25, -0.2) is 0 Å². The molecule has 0 saturated carbocycles. The van der Waals surface area contributed by atoms with E-state index in [2.05, 4.69) is 34.6 Å². The molecular formula is C14H30. The summed E-state index contributed by atoms with van der Waals surface area (Å²) in [6.07, 6.45) is 8.48. The molecule has 86 valence electrons. The Morgan fingerprint density at radius 2 is 1.29 bits per heavy atom. The van der Waals surface area contributed by atoms with Crippen molar-refractivity contribution in [1.29, 1.82) is 0 Å². The molecule has 0 nitrogen and oxygen atoms in total. The first kappa shape index (κ1) is 14.0. The van der Waals surface area contributed by atoms with Crippen LogP contribution in [0, 0.1) is 17.8 Å². The van der Waals surface area contributed by atoms with Crippen molar-refractivity contribution in [3.63, 3.8) is 0 Å². The van der Waals surface area contributed by atoms with Crippen LogP contribution in [0.1, 0.15) is 73.1 Å². The zero-order valence-electron chi connectivity index (χ0n) is 11.0. The fraction of sp³-hybridized carbons (Fsp3) is 1.00. The lowest BCUT2D eigenvalue weighted by Gasteiger charge is -2.17. The van der Waals surface area contributed by atoms with E-state index in [1.54, 1.807) is 0 Å². The molecule has 2 atom stereocenters. The van der Waals surface area contributed by atoms with Crippen LogP contribution in [0.3, 0.4) is 0 Å². The van der Waals surface area contributed by atoms with Gasteiger partial charge in [-0.05, 0) is 17.8 Å². The summed E-state index contributed by atoms with van der Waals surface area (Å²) in [6.45, 7) is 11.7. The molecule has 0 aromatic heterocycles. The second-order valence-corrected chi connectivity index (χ2v) is 5.34.